The van der Waals surface area contributed by atoms with Crippen LogP contribution in [0.25, 0.3) is 0 Å². The van der Waals surface area contributed by atoms with Crippen molar-refractivity contribution in [3.05, 3.63) is 58.5 Å². The minimum Gasteiger partial charge on any atom is -0.316 e. The van der Waals surface area contributed by atoms with E-state index in [0.717, 1.165) is 5.69 Å². The second kappa shape index (κ2) is 7.49. The zero-order valence-corrected chi connectivity index (χ0v) is 14.7. The Kier molecular flexibility index (Phi) is 5.15. The van der Waals surface area contributed by atoms with Gasteiger partial charge in [-0.2, -0.15) is 4.37 Å². The van der Waals surface area contributed by atoms with E-state index < -0.39 is 5.82 Å². The highest BCUT2D eigenvalue weighted by molar-refractivity contribution is 7.14. The molecule has 0 unspecified atom stereocenters. The topological polar surface area (TPSA) is 84.0 Å². The van der Waals surface area contributed by atoms with Crippen molar-refractivity contribution in [1.82, 2.24) is 9.36 Å². The maximum Gasteiger partial charge on any atom is 0.257 e. The molecular weight excluding hydrogens is 363 g/mol. The Morgan fingerprint density at radius 3 is 2.64 bits per heavy atom. The Morgan fingerprint density at radius 2 is 1.96 bits per heavy atom. The zero-order chi connectivity index (χ0) is 17.8. The lowest BCUT2D eigenvalue weighted by Gasteiger charge is -2.01. The van der Waals surface area contributed by atoms with Gasteiger partial charge in [0.2, 0.25) is 5.91 Å². The van der Waals surface area contributed by atoms with E-state index in [0.29, 0.717) is 21.4 Å². The van der Waals surface area contributed by atoms with Gasteiger partial charge in [-0.25, -0.2) is 9.37 Å². The SMILES string of the molecule is Cc1cc(NC(=O)Cc2csc(NC(=O)c3ccc(F)cc3)n2)sn1. The quantitative estimate of drug-likeness (QED) is 0.714. The fourth-order valence-corrected chi connectivity index (χ4v) is 3.37. The van der Waals surface area contributed by atoms with Crippen molar-refractivity contribution in [3.63, 3.8) is 0 Å². The number of anilines is 2. The molecule has 6 nitrogen and oxygen atoms in total. The van der Waals surface area contributed by atoms with E-state index in [9.17, 15) is 14.0 Å². The van der Waals surface area contributed by atoms with Crippen molar-refractivity contribution in [2.24, 2.45) is 0 Å². The van der Waals surface area contributed by atoms with Crippen LogP contribution in [0.3, 0.4) is 0 Å². The molecule has 2 aromatic heterocycles. The standard InChI is InChI=1S/C16H13FN4O2S2/c1-9-6-14(25-21-9)19-13(22)7-12-8-24-16(18-12)20-15(23)10-2-4-11(17)5-3-10/h2-6,8H,7H2,1H3,(H,19,22)(H,18,20,23). The summed E-state index contributed by atoms with van der Waals surface area (Å²) in [6, 6.07) is 7.01. The number of benzene rings is 1. The van der Waals surface area contributed by atoms with Crippen LogP contribution in [0.5, 0.6) is 0 Å². The van der Waals surface area contributed by atoms with Gasteiger partial charge >= 0.3 is 0 Å². The first-order valence-electron chi connectivity index (χ1n) is 7.24. The molecule has 2 amide bonds. The summed E-state index contributed by atoms with van der Waals surface area (Å²) in [7, 11) is 0. The molecule has 128 valence electrons. The minimum atomic E-state index is -0.407. The van der Waals surface area contributed by atoms with E-state index in [1.807, 2.05) is 6.92 Å². The number of hydrogen-bond acceptors (Lipinski definition) is 6. The van der Waals surface area contributed by atoms with E-state index in [1.54, 1.807) is 11.4 Å². The highest BCUT2D eigenvalue weighted by Crippen LogP contribution is 2.19. The summed E-state index contributed by atoms with van der Waals surface area (Å²) < 4.78 is 17.0. The Bertz CT molecular complexity index is 905. The lowest BCUT2D eigenvalue weighted by atomic mass is 10.2. The summed E-state index contributed by atoms with van der Waals surface area (Å²) in [5.41, 5.74) is 1.73. The fraction of sp³-hybridized carbons (Fsp3) is 0.125. The molecule has 0 bridgehead atoms. The maximum absolute atomic E-state index is 12.9. The number of rotatable bonds is 5. The molecule has 0 aliphatic heterocycles. The third-order valence-electron chi connectivity index (χ3n) is 3.11. The highest BCUT2D eigenvalue weighted by atomic mass is 32.1. The normalized spacial score (nSPS) is 10.5. The Hall–Kier alpha value is -2.65. The van der Waals surface area contributed by atoms with Crippen LogP contribution < -0.4 is 10.6 Å². The molecule has 3 rings (SSSR count). The molecule has 0 spiro atoms. The lowest BCUT2D eigenvalue weighted by Crippen LogP contribution is -2.14. The number of carbonyl (C=O) groups is 2. The second-order valence-corrected chi connectivity index (χ2v) is 6.83. The number of nitrogens with zero attached hydrogens (tertiary/aromatic N) is 2. The molecule has 2 N–H and O–H groups in total. The van der Waals surface area contributed by atoms with E-state index >= 15 is 0 Å². The van der Waals surface area contributed by atoms with Gasteiger partial charge in [0.1, 0.15) is 10.8 Å². The third kappa shape index (κ3) is 4.68. The summed E-state index contributed by atoms with van der Waals surface area (Å²) in [5, 5.41) is 8.15. The van der Waals surface area contributed by atoms with Crippen molar-refractivity contribution < 1.29 is 14.0 Å². The van der Waals surface area contributed by atoms with Crippen LogP contribution in [0.2, 0.25) is 0 Å². The van der Waals surface area contributed by atoms with Gasteiger partial charge in [-0.3, -0.25) is 14.9 Å². The van der Waals surface area contributed by atoms with Crippen molar-refractivity contribution >= 4 is 44.8 Å². The van der Waals surface area contributed by atoms with Gasteiger partial charge in [-0.05, 0) is 48.8 Å². The van der Waals surface area contributed by atoms with Crippen LogP contribution >= 0.6 is 22.9 Å². The van der Waals surface area contributed by atoms with Crippen molar-refractivity contribution in [2.75, 3.05) is 10.6 Å². The van der Waals surface area contributed by atoms with Gasteiger partial charge in [0.05, 0.1) is 17.8 Å². The van der Waals surface area contributed by atoms with Gasteiger partial charge in [-0.15, -0.1) is 11.3 Å². The smallest absolute Gasteiger partial charge is 0.257 e. The van der Waals surface area contributed by atoms with E-state index in [2.05, 4.69) is 20.0 Å². The Balaban J connectivity index is 1.57. The molecule has 0 aliphatic rings. The van der Waals surface area contributed by atoms with Crippen LogP contribution in [-0.4, -0.2) is 21.2 Å². The first-order chi connectivity index (χ1) is 12.0. The molecule has 2 heterocycles. The molecule has 1 aromatic carbocycles. The van der Waals surface area contributed by atoms with E-state index in [4.69, 9.17) is 0 Å². The van der Waals surface area contributed by atoms with Crippen LogP contribution in [0.1, 0.15) is 21.7 Å². The van der Waals surface area contributed by atoms with E-state index in [-0.39, 0.29) is 18.2 Å². The van der Waals surface area contributed by atoms with Crippen LogP contribution in [0.4, 0.5) is 14.5 Å². The predicted molar refractivity (Wildman–Crippen MR) is 95.7 cm³/mol. The summed E-state index contributed by atoms with van der Waals surface area (Å²) >= 11 is 2.44. The maximum atomic E-state index is 12.9. The average molecular weight is 376 g/mol. The van der Waals surface area contributed by atoms with Crippen LogP contribution in [0.15, 0.2) is 35.7 Å². The minimum absolute atomic E-state index is 0.0971. The van der Waals surface area contributed by atoms with Crippen LogP contribution in [-0.2, 0) is 11.2 Å². The van der Waals surface area contributed by atoms with Gasteiger partial charge in [0.15, 0.2) is 5.13 Å². The molecular formula is C16H13FN4O2S2. The summed E-state index contributed by atoms with van der Waals surface area (Å²) in [6.07, 6.45) is 0.0971. The summed E-state index contributed by atoms with van der Waals surface area (Å²) in [6.45, 7) is 1.85. The first-order valence-corrected chi connectivity index (χ1v) is 8.89. The van der Waals surface area contributed by atoms with E-state index in [1.165, 1.54) is 47.1 Å². The molecule has 0 atom stereocenters. The summed E-state index contributed by atoms with van der Waals surface area (Å²) in [5.74, 6) is -0.994. The second-order valence-electron chi connectivity index (χ2n) is 5.16. The lowest BCUT2D eigenvalue weighted by molar-refractivity contribution is -0.115. The molecule has 0 saturated heterocycles. The molecule has 3 aromatic rings. The molecule has 0 aliphatic carbocycles. The predicted octanol–water partition coefficient (Wildman–Crippen LogP) is 3.48. The number of thiazole rings is 1. The average Bonchev–Trinajstić information content (AvgIpc) is 3.17. The van der Waals surface area contributed by atoms with Gasteiger partial charge in [0, 0.05) is 10.9 Å². The number of halogens is 1. The van der Waals surface area contributed by atoms with Gasteiger partial charge < -0.3 is 5.32 Å². The molecule has 0 radical (unpaired) electrons. The highest BCUT2D eigenvalue weighted by Gasteiger charge is 2.12. The Labute approximate surface area is 150 Å². The van der Waals surface area contributed by atoms with Crippen molar-refractivity contribution in [3.8, 4) is 0 Å². The number of amides is 2. The number of aromatic nitrogens is 2. The first kappa shape index (κ1) is 17.2. The fourth-order valence-electron chi connectivity index (χ4n) is 1.98. The van der Waals surface area contributed by atoms with Crippen LogP contribution in [0, 0.1) is 12.7 Å². The largest absolute Gasteiger partial charge is 0.316 e. The monoisotopic (exact) mass is 376 g/mol. The van der Waals surface area contributed by atoms with Crippen molar-refractivity contribution in [2.45, 2.75) is 13.3 Å². The van der Waals surface area contributed by atoms with Gasteiger partial charge in [-0.1, -0.05) is 0 Å². The summed E-state index contributed by atoms with van der Waals surface area (Å²) in [4.78, 5) is 28.3. The number of carbonyl (C=O) groups excluding carboxylic acids is 2. The molecule has 25 heavy (non-hydrogen) atoms. The zero-order valence-electron chi connectivity index (χ0n) is 13.1. The van der Waals surface area contributed by atoms with Gasteiger partial charge in [0.25, 0.3) is 5.91 Å². The molecule has 0 fully saturated rings. The number of hydrogen-bond donors (Lipinski definition) is 2. The number of aryl methyl sites for hydroxylation is 1. The molecule has 9 heteroatoms. The third-order valence-corrected chi connectivity index (χ3v) is 4.71. The number of nitrogens with one attached hydrogen (secondary N) is 2. The van der Waals surface area contributed by atoms with Crippen molar-refractivity contribution in [1.29, 1.82) is 0 Å². The Morgan fingerprint density at radius 1 is 1.20 bits per heavy atom. The molecule has 0 saturated carbocycles.